The minimum Gasteiger partial charge on any atom is -0.364 e. The molecule has 1 saturated carbocycles. The molecular weight excluding hydrogens is 421 g/mol. The van der Waals surface area contributed by atoms with Crippen LogP contribution in [0.5, 0.6) is 0 Å². The Kier molecular flexibility index (Phi) is 9.14. The molecule has 0 atom stereocenters. The molecular formula is C21H31Cl2N7. The van der Waals surface area contributed by atoms with E-state index in [1.807, 2.05) is 24.5 Å². The highest BCUT2D eigenvalue weighted by molar-refractivity contribution is 5.86. The molecule has 1 aliphatic rings. The number of nitrogens with zero attached hydrogens (tertiary/aromatic N) is 4. The van der Waals surface area contributed by atoms with Crippen LogP contribution >= 0.6 is 24.8 Å². The molecule has 3 aromatic rings. The van der Waals surface area contributed by atoms with Crippen molar-refractivity contribution in [2.45, 2.75) is 64.2 Å². The Morgan fingerprint density at radius 1 is 1.07 bits per heavy atom. The molecule has 0 saturated heterocycles. The third-order valence-corrected chi connectivity index (χ3v) is 5.34. The van der Waals surface area contributed by atoms with Crippen molar-refractivity contribution in [3.05, 3.63) is 42.2 Å². The van der Waals surface area contributed by atoms with E-state index in [4.69, 9.17) is 15.7 Å². The van der Waals surface area contributed by atoms with E-state index in [2.05, 4.69) is 39.2 Å². The molecule has 0 amide bonds. The summed E-state index contributed by atoms with van der Waals surface area (Å²) in [7, 11) is 0. The number of halogens is 2. The van der Waals surface area contributed by atoms with Crippen LogP contribution in [0.3, 0.4) is 0 Å². The largest absolute Gasteiger partial charge is 0.364 e. The lowest BCUT2D eigenvalue weighted by atomic mass is 9.92. The zero-order chi connectivity index (χ0) is 19.3. The first kappa shape index (κ1) is 24.2. The first-order valence-corrected chi connectivity index (χ1v) is 10.3. The maximum Gasteiger partial charge on any atom is 0.227 e. The number of imidazole rings is 1. The summed E-state index contributed by atoms with van der Waals surface area (Å²) in [6.07, 6.45) is 7.11. The number of fused-ring (bicyclic) bond motifs is 1. The predicted molar refractivity (Wildman–Crippen MR) is 128 cm³/mol. The van der Waals surface area contributed by atoms with Crippen LogP contribution in [-0.4, -0.2) is 31.6 Å². The highest BCUT2D eigenvalue weighted by Gasteiger charge is 2.20. The van der Waals surface area contributed by atoms with Gasteiger partial charge in [-0.15, -0.1) is 24.8 Å². The van der Waals surface area contributed by atoms with Crippen LogP contribution in [0.25, 0.3) is 11.2 Å². The number of benzene rings is 1. The van der Waals surface area contributed by atoms with Crippen molar-refractivity contribution in [3.63, 3.8) is 0 Å². The monoisotopic (exact) mass is 451 g/mol. The fraction of sp³-hybridized carbons (Fsp3) is 0.476. The van der Waals surface area contributed by atoms with Crippen LogP contribution in [-0.2, 0) is 13.1 Å². The lowest BCUT2D eigenvalue weighted by Gasteiger charge is -2.26. The Labute approximate surface area is 190 Å². The minimum absolute atomic E-state index is 0. The van der Waals surface area contributed by atoms with Crippen molar-refractivity contribution >= 4 is 47.7 Å². The predicted octanol–water partition coefficient (Wildman–Crippen LogP) is 4.37. The summed E-state index contributed by atoms with van der Waals surface area (Å²) in [6.45, 7) is 3.75. The molecule has 1 aromatic carbocycles. The third-order valence-electron chi connectivity index (χ3n) is 5.34. The van der Waals surface area contributed by atoms with E-state index in [0.717, 1.165) is 55.6 Å². The van der Waals surface area contributed by atoms with Gasteiger partial charge >= 0.3 is 0 Å². The number of nitrogens with two attached hydrogens (primary N) is 1. The average molecular weight is 452 g/mol. The van der Waals surface area contributed by atoms with Gasteiger partial charge in [0.05, 0.1) is 6.33 Å². The van der Waals surface area contributed by atoms with Crippen LogP contribution in [0.4, 0.5) is 11.8 Å². The molecule has 2 aromatic heterocycles. The highest BCUT2D eigenvalue weighted by Crippen LogP contribution is 2.24. The number of aromatic nitrogens is 4. The smallest absolute Gasteiger partial charge is 0.227 e. The van der Waals surface area contributed by atoms with E-state index in [9.17, 15) is 0 Å². The zero-order valence-corrected chi connectivity index (χ0v) is 18.9. The van der Waals surface area contributed by atoms with E-state index < -0.39 is 0 Å². The molecule has 0 spiro atoms. The summed E-state index contributed by atoms with van der Waals surface area (Å²) in [5.74, 6) is 1.44. The number of anilines is 2. The van der Waals surface area contributed by atoms with E-state index in [1.54, 1.807) is 0 Å². The molecule has 9 heteroatoms. The quantitative estimate of drug-likeness (QED) is 0.493. The van der Waals surface area contributed by atoms with Gasteiger partial charge in [0.2, 0.25) is 5.95 Å². The van der Waals surface area contributed by atoms with Gasteiger partial charge in [-0.1, -0.05) is 37.3 Å². The molecule has 0 radical (unpaired) electrons. The molecule has 7 nitrogen and oxygen atoms in total. The lowest BCUT2D eigenvalue weighted by molar-refractivity contribution is 0.410. The number of aryl methyl sites for hydroxylation is 1. The van der Waals surface area contributed by atoms with E-state index in [0.29, 0.717) is 24.6 Å². The van der Waals surface area contributed by atoms with Gasteiger partial charge in [0.25, 0.3) is 0 Å². The van der Waals surface area contributed by atoms with Crippen molar-refractivity contribution in [3.8, 4) is 0 Å². The van der Waals surface area contributed by atoms with Gasteiger partial charge in [0.15, 0.2) is 17.0 Å². The van der Waals surface area contributed by atoms with Gasteiger partial charge in [-0.25, -0.2) is 4.98 Å². The summed E-state index contributed by atoms with van der Waals surface area (Å²) in [5, 5.41) is 6.99. The second-order valence-electron chi connectivity index (χ2n) is 7.60. The van der Waals surface area contributed by atoms with E-state index in [-0.39, 0.29) is 24.8 Å². The molecule has 1 fully saturated rings. The zero-order valence-electron chi connectivity index (χ0n) is 17.3. The summed E-state index contributed by atoms with van der Waals surface area (Å²) in [4.78, 5) is 14.1. The third kappa shape index (κ3) is 5.74. The van der Waals surface area contributed by atoms with Crippen LogP contribution in [0.1, 0.15) is 44.6 Å². The van der Waals surface area contributed by atoms with E-state index >= 15 is 0 Å². The Bertz CT molecular complexity index is 908. The van der Waals surface area contributed by atoms with Gasteiger partial charge in [-0.05, 0) is 37.7 Å². The second kappa shape index (κ2) is 11.3. The van der Waals surface area contributed by atoms with Crippen molar-refractivity contribution < 1.29 is 0 Å². The van der Waals surface area contributed by atoms with Gasteiger partial charge in [0.1, 0.15) is 0 Å². The van der Waals surface area contributed by atoms with Crippen molar-refractivity contribution in [2.24, 2.45) is 5.73 Å². The molecule has 164 valence electrons. The standard InChI is InChI=1S/C21H29N7.2ClH/c1-2-12-28-14-24-18-19(23-13-15-6-4-3-5-7-15)26-21(27-20(18)28)25-17-10-8-16(22)9-11-17;;/h3-7,14,16-17H,2,8-13,22H2,1H3,(H2,23,25,26,27);2*1H. The number of nitrogens with one attached hydrogen (secondary N) is 2. The fourth-order valence-electron chi connectivity index (χ4n) is 3.76. The Hall–Kier alpha value is -2.09. The molecule has 2 heterocycles. The normalized spacial score (nSPS) is 18.3. The molecule has 0 unspecified atom stereocenters. The Morgan fingerprint density at radius 2 is 1.80 bits per heavy atom. The summed E-state index contributed by atoms with van der Waals surface area (Å²) in [6, 6.07) is 11.0. The topological polar surface area (TPSA) is 93.7 Å². The maximum atomic E-state index is 6.04. The molecule has 1 aliphatic carbocycles. The lowest BCUT2D eigenvalue weighted by Crippen LogP contribution is -2.33. The Morgan fingerprint density at radius 3 is 2.50 bits per heavy atom. The number of hydrogen-bond acceptors (Lipinski definition) is 6. The van der Waals surface area contributed by atoms with Crippen LogP contribution < -0.4 is 16.4 Å². The van der Waals surface area contributed by atoms with Crippen molar-refractivity contribution in [1.29, 1.82) is 0 Å². The fourth-order valence-corrected chi connectivity index (χ4v) is 3.76. The van der Waals surface area contributed by atoms with Crippen LogP contribution in [0.2, 0.25) is 0 Å². The summed E-state index contributed by atoms with van der Waals surface area (Å²) >= 11 is 0. The van der Waals surface area contributed by atoms with Gasteiger partial charge in [0, 0.05) is 25.2 Å². The summed E-state index contributed by atoms with van der Waals surface area (Å²) < 4.78 is 2.10. The molecule has 30 heavy (non-hydrogen) atoms. The second-order valence-corrected chi connectivity index (χ2v) is 7.60. The van der Waals surface area contributed by atoms with Crippen molar-refractivity contribution in [1.82, 2.24) is 19.5 Å². The molecule has 4 N–H and O–H groups in total. The number of hydrogen-bond donors (Lipinski definition) is 3. The minimum atomic E-state index is 0. The van der Waals surface area contributed by atoms with Gasteiger partial charge < -0.3 is 20.9 Å². The molecule has 4 rings (SSSR count). The van der Waals surface area contributed by atoms with Crippen molar-refractivity contribution in [2.75, 3.05) is 10.6 Å². The highest BCUT2D eigenvalue weighted by atomic mass is 35.5. The Balaban J connectivity index is 0.00000160. The SMILES string of the molecule is CCCn1cnc2c(NCc3ccccc3)nc(NC3CCC(N)CC3)nc21.Cl.Cl. The van der Waals surface area contributed by atoms with Gasteiger partial charge in [-0.3, -0.25) is 0 Å². The molecule has 0 bridgehead atoms. The van der Waals surface area contributed by atoms with Crippen LogP contribution in [0.15, 0.2) is 36.7 Å². The van der Waals surface area contributed by atoms with Crippen LogP contribution in [0, 0.1) is 0 Å². The van der Waals surface area contributed by atoms with E-state index in [1.165, 1.54) is 5.56 Å². The first-order valence-electron chi connectivity index (χ1n) is 10.3. The maximum absolute atomic E-state index is 6.04. The van der Waals surface area contributed by atoms with Gasteiger partial charge in [-0.2, -0.15) is 9.97 Å². The molecule has 0 aliphatic heterocycles. The number of rotatable bonds is 7. The average Bonchev–Trinajstić information content (AvgIpc) is 3.12. The summed E-state index contributed by atoms with van der Waals surface area (Å²) in [5.41, 5.74) is 8.95. The first-order chi connectivity index (χ1) is 13.7.